The van der Waals surface area contributed by atoms with Gasteiger partial charge in [-0.1, -0.05) is 0 Å². The van der Waals surface area contributed by atoms with Crippen LogP contribution in [0.15, 0.2) is 40.9 Å². The summed E-state index contributed by atoms with van der Waals surface area (Å²) in [4.78, 5) is 26.9. The molecule has 3 rings (SSSR count). The van der Waals surface area contributed by atoms with E-state index in [1.807, 2.05) is 11.0 Å². The van der Waals surface area contributed by atoms with Crippen molar-refractivity contribution >= 4 is 33.2 Å². The molecule has 1 heterocycles. The van der Waals surface area contributed by atoms with Crippen molar-refractivity contribution in [3.05, 3.63) is 62.1 Å². The summed E-state index contributed by atoms with van der Waals surface area (Å²) < 4.78 is 5.90. The quantitative estimate of drug-likeness (QED) is 0.530. The minimum absolute atomic E-state index is 0.0767. The Bertz CT molecular complexity index is 965. The van der Waals surface area contributed by atoms with E-state index >= 15 is 0 Å². The van der Waals surface area contributed by atoms with E-state index in [1.54, 1.807) is 36.3 Å². The second-order valence-corrected chi connectivity index (χ2v) is 7.05. The maximum absolute atomic E-state index is 12.8. The van der Waals surface area contributed by atoms with Gasteiger partial charge in [0.05, 0.1) is 27.8 Å². The zero-order valence-electron chi connectivity index (χ0n) is 15.1. The van der Waals surface area contributed by atoms with Gasteiger partial charge in [-0.2, -0.15) is 5.26 Å². The molecule has 0 N–H and O–H groups in total. The van der Waals surface area contributed by atoms with E-state index in [4.69, 9.17) is 4.74 Å². The molecule has 0 atom stereocenters. The van der Waals surface area contributed by atoms with Crippen molar-refractivity contribution in [1.29, 1.82) is 5.26 Å². The summed E-state index contributed by atoms with van der Waals surface area (Å²) in [7, 11) is 1.56. The predicted octanol–water partition coefficient (Wildman–Crippen LogP) is 3.20. The molecular formula is C19H17BrN4O4. The number of hydrogen-bond donors (Lipinski definition) is 0. The van der Waals surface area contributed by atoms with E-state index in [2.05, 4.69) is 15.9 Å². The standard InChI is InChI=1S/C19H17BrN4O4/c1-28-18-5-2-13(11-16(18)20)19(25)23-8-6-22(7-9-23)17-4-3-15(24(26)27)10-14(17)12-21/h2-5,10-11H,6-9H2,1H3. The summed E-state index contributed by atoms with van der Waals surface area (Å²) in [6.07, 6.45) is 0. The number of nitrogens with zero attached hydrogens (tertiary/aromatic N) is 4. The van der Waals surface area contributed by atoms with Gasteiger partial charge in [0, 0.05) is 43.9 Å². The topological polar surface area (TPSA) is 99.7 Å². The van der Waals surface area contributed by atoms with Crippen LogP contribution in [0.3, 0.4) is 0 Å². The second-order valence-electron chi connectivity index (χ2n) is 6.20. The Hall–Kier alpha value is -3.12. The van der Waals surface area contributed by atoms with E-state index in [-0.39, 0.29) is 17.2 Å². The third kappa shape index (κ3) is 3.92. The molecule has 8 nitrogen and oxygen atoms in total. The predicted molar refractivity (Wildman–Crippen MR) is 107 cm³/mol. The van der Waals surface area contributed by atoms with Crippen LogP contribution in [0.1, 0.15) is 15.9 Å². The molecule has 0 aliphatic carbocycles. The average Bonchev–Trinajstić information content (AvgIpc) is 2.72. The number of rotatable bonds is 4. The van der Waals surface area contributed by atoms with E-state index in [0.29, 0.717) is 47.7 Å². The van der Waals surface area contributed by atoms with E-state index < -0.39 is 4.92 Å². The summed E-state index contributed by atoms with van der Waals surface area (Å²) in [5.41, 5.74) is 1.36. The minimum Gasteiger partial charge on any atom is -0.496 e. The first-order chi connectivity index (χ1) is 13.4. The van der Waals surface area contributed by atoms with Crippen LogP contribution in [0.25, 0.3) is 0 Å². The lowest BCUT2D eigenvalue weighted by Gasteiger charge is -2.36. The molecule has 2 aromatic rings. The van der Waals surface area contributed by atoms with Crippen molar-refractivity contribution in [2.75, 3.05) is 38.2 Å². The number of piperazine rings is 1. The van der Waals surface area contributed by atoms with Gasteiger partial charge in [0.1, 0.15) is 11.8 Å². The van der Waals surface area contributed by atoms with Gasteiger partial charge in [0.25, 0.3) is 11.6 Å². The molecule has 0 radical (unpaired) electrons. The van der Waals surface area contributed by atoms with E-state index in [1.165, 1.54) is 12.1 Å². The molecule has 0 saturated carbocycles. The third-order valence-electron chi connectivity index (χ3n) is 4.62. The van der Waals surface area contributed by atoms with E-state index in [9.17, 15) is 20.2 Å². The van der Waals surface area contributed by atoms with Crippen LogP contribution < -0.4 is 9.64 Å². The molecule has 9 heteroatoms. The third-order valence-corrected chi connectivity index (χ3v) is 5.24. The second kappa shape index (κ2) is 8.27. The van der Waals surface area contributed by atoms with Crippen molar-refractivity contribution in [1.82, 2.24) is 4.90 Å². The van der Waals surface area contributed by atoms with Crippen molar-refractivity contribution < 1.29 is 14.5 Å². The summed E-state index contributed by atoms with van der Waals surface area (Å²) in [6, 6.07) is 11.5. The first kappa shape index (κ1) is 19.6. The van der Waals surface area contributed by atoms with Gasteiger partial charge in [-0.3, -0.25) is 14.9 Å². The summed E-state index contributed by atoms with van der Waals surface area (Å²) in [5, 5.41) is 20.2. The Morgan fingerprint density at radius 1 is 1.21 bits per heavy atom. The molecule has 0 bridgehead atoms. The van der Waals surface area contributed by atoms with Crippen molar-refractivity contribution in [3.8, 4) is 11.8 Å². The number of carbonyl (C=O) groups is 1. The summed E-state index contributed by atoms with van der Waals surface area (Å²) in [5.74, 6) is 0.579. The van der Waals surface area contributed by atoms with Crippen LogP contribution in [-0.4, -0.2) is 49.0 Å². The number of anilines is 1. The Labute approximate surface area is 170 Å². The van der Waals surface area contributed by atoms with Gasteiger partial charge in [-0.05, 0) is 40.2 Å². The first-order valence-corrected chi connectivity index (χ1v) is 9.30. The molecule has 1 aliphatic rings. The zero-order chi connectivity index (χ0) is 20.3. The molecule has 144 valence electrons. The summed E-state index contributed by atoms with van der Waals surface area (Å²) >= 11 is 3.39. The molecule has 2 aromatic carbocycles. The minimum atomic E-state index is -0.520. The monoisotopic (exact) mass is 444 g/mol. The van der Waals surface area contributed by atoms with Gasteiger partial charge in [0.2, 0.25) is 0 Å². The number of methoxy groups -OCH3 is 1. The average molecular weight is 445 g/mol. The number of nitro benzene ring substituents is 1. The SMILES string of the molecule is COc1ccc(C(=O)N2CCN(c3ccc([N+](=O)[O-])cc3C#N)CC2)cc1Br. The fraction of sp³-hybridized carbons (Fsp3) is 0.263. The van der Waals surface area contributed by atoms with Crippen LogP contribution in [0.2, 0.25) is 0 Å². The Morgan fingerprint density at radius 2 is 1.93 bits per heavy atom. The van der Waals surface area contributed by atoms with Crippen molar-refractivity contribution in [2.45, 2.75) is 0 Å². The lowest BCUT2D eigenvalue weighted by atomic mass is 10.1. The van der Waals surface area contributed by atoms with Crippen LogP contribution in [-0.2, 0) is 0 Å². The Kier molecular flexibility index (Phi) is 5.80. The lowest BCUT2D eigenvalue weighted by Crippen LogP contribution is -2.49. The fourth-order valence-corrected chi connectivity index (χ4v) is 3.68. The molecule has 1 amide bonds. The Morgan fingerprint density at radius 3 is 2.50 bits per heavy atom. The van der Waals surface area contributed by atoms with Crippen LogP contribution >= 0.6 is 15.9 Å². The number of benzene rings is 2. The number of ether oxygens (including phenoxy) is 1. The number of nitro groups is 1. The Balaban J connectivity index is 1.71. The normalized spacial score (nSPS) is 13.8. The molecule has 1 aliphatic heterocycles. The molecule has 0 aromatic heterocycles. The van der Waals surface area contributed by atoms with E-state index in [0.717, 1.165) is 0 Å². The van der Waals surface area contributed by atoms with Gasteiger partial charge < -0.3 is 14.5 Å². The molecular weight excluding hydrogens is 428 g/mol. The molecule has 28 heavy (non-hydrogen) atoms. The molecule has 1 fully saturated rings. The highest BCUT2D eigenvalue weighted by molar-refractivity contribution is 9.10. The van der Waals surface area contributed by atoms with Crippen LogP contribution in [0.5, 0.6) is 5.75 Å². The molecule has 0 unspecified atom stereocenters. The van der Waals surface area contributed by atoms with Crippen LogP contribution in [0.4, 0.5) is 11.4 Å². The smallest absolute Gasteiger partial charge is 0.270 e. The number of hydrogen-bond acceptors (Lipinski definition) is 6. The highest BCUT2D eigenvalue weighted by Gasteiger charge is 2.24. The number of amides is 1. The largest absolute Gasteiger partial charge is 0.496 e. The molecule has 0 spiro atoms. The van der Waals surface area contributed by atoms with Gasteiger partial charge >= 0.3 is 0 Å². The lowest BCUT2D eigenvalue weighted by molar-refractivity contribution is -0.384. The first-order valence-electron chi connectivity index (χ1n) is 8.51. The molecule has 1 saturated heterocycles. The van der Waals surface area contributed by atoms with Crippen molar-refractivity contribution in [2.24, 2.45) is 0 Å². The fourth-order valence-electron chi connectivity index (χ4n) is 3.14. The highest BCUT2D eigenvalue weighted by atomic mass is 79.9. The number of non-ortho nitro benzene ring substituents is 1. The van der Waals surface area contributed by atoms with Crippen molar-refractivity contribution in [3.63, 3.8) is 0 Å². The maximum atomic E-state index is 12.8. The van der Waals surface area contributed by atoms with Gasteiger partial charge in [-0.15, -0.1) is 0 Å². The van der Waals surface area contributed by atoms with Crippen LogP contribution in [0, 0.1) is 21.4 Å². The van der Waals surface area contributed by atoms with Gasteiger partial charge in [0.15, 0.2) is 0 Å². The number of carbonyl (C=O) groups excluding carboxylic acids is 1. The summed E-state index contributed by atoms with van der Waals surface area (Å²) in [6.45, 7) is 2.06. The maximum Gasteiger partial charge on any atom is 0.270 e. The number of halogens is 1. The van der Waals surface area contributed by atoms with Gasteiger partial charge in [-0.25, -0.2) is 0 Å². The number of nitriles is 1. The zero-order valence-corrected chi connectivity index (χ0v) is 16.7. The highest BCUT2D eigenvalue weighted by Crippen LogP contribution is 2.28.